The van der Waals surface area contributed by atoms with E-state index in [1.807, 2.05) is 12.1 Å². The third-order valence-corrected chi connectivity index (χ3v) is 2.79. The maximum absolute atomic E-state index is 10.7. The summed E-state index contributed by atoms with van der Waals surface area (Å²) < 4.78 is 0. The lowest BCUT2D eigenvalue weighted by Crippen LogP contribution is -2.29. The van der Waals surface area contributed by atoms with E-state index in [-0.39, 0.29) is 6.04 Å². The van der Waals surface area contributed by atoms with Crippen LogP contribution in [0.3, 0.4) is 0 Å². The van der Waals surface area contributed by atoms with Crippen molar-refractivity contribution in [3.05, 3.63) is 30.1 Å². The van der Waals surface area contributed by atoms with E-state index in [0.29, 0.717) is 5.92 Å². The third kappa shape index (κ3) is 2.53. The Morgan fingerprint density at radius 3 is 2.87 bits per heavy atom. The molecule has 2 rings (SSSR count). The molecule has 0 unspecified atom stereocenters. The van der Waals surface area contributed by atoms with Gasteiger partial charge < -0.3 is 10.4 Å². The fraction of sp³-hybridized carbons (Fsp3) is 0.455. The summed E-state index contributed by atoms with van der Waals surface area (Å²) in [6.07, 6.45) is 5.19. The molecule has 80 valence electrons. The first-order valence-corrected chi connectivity index (χ1v) is 5.11. The van der Waals surface area contributed by atoms with Gasteiger partial charge in [-0.05, 0) is 43.0 Å². The summed E-state index contributed by atoms with van der Waals surface area (Å²) in [5.74, 6) is -0.319. The molecule has 1 saturated heterocycles. The smallest absolute Gasteiger partial charge is 0.320 e. The van der Waals surface area contributed by atoms with Gasteiger partial charge >= 0.3 is 5.97 Å². The predicted octanol–water partition coefficient (Wildman–Crippen LogP) is 0.687. The van der Waals surface area contributed by atoms with E-state index in [4.69, 9.17) is 5.11 Å². The lowest BCUT2D eigenvalue weighted by molar-refractivity contribution is -0.139. The Kier molecular flexibility index (Phi) is 2.97. The number of aromatic nitrogens is 1. The van der Waals surface area contributed by atoms with Gasteiger partial charge in [-0.3, -0.25) is 9.78 Å². The van der Waals surface area contributed by atoms with Crippen molar-refractivity contribution >= 4 is 5.97 Å². The highest BCUT2D eigenvalue weighted by atomic mass is 16.4. The minimum Gasteiger partial charge on any atom is -0.480 e. The fourth-order valence-electron chi connectivity index (χ4n) is 2.00. The number of carbonyl (C=O) groups is 1. The molecular weight excluding hydrogens is 192 g/mol. The van der Waals surface area contributed by atoms with Gasteiger partial charge in [0.25, 0.3) is 0 Å². The van der Waals surface area contributed by atoms with Gasteiger partial charge in [-0.1, -0.05) is 0 Å². The van der Waals surface area contributed by atoms with Crippen molar-refractivity contribution in [3.8, 4) is 0 Å². The van der Waals surface area contributed by atoms with Crippen LogP contribution in [-0.2, 0) is 11.2 Å². The van der Waals surface area contributed by atoms with Crippen molar-refractivity contribution in [2.45, 2.75) is 18.9 Å². The first kappa shape index (κ1) is 10.1. The first-order chi connectivity index (χ1) is 7.25. The van der Waals surface area contributed by atoms with Gasteiger partial charge in [0.1, 0.15) is 6.04 Å². The maximum Gasteiger partial charge on any atom is 0.320 e. The van der Waals surface area contributed by atoms with E-state index in [0.717, 1.165) is 19.4 Å². The van der Waals surface area contributed by atoms with Crippen LogP contribution < -0.4 is 5.32 Å². The molecule has 0 radical (unpaired) electrons. The van der Waals surface area contributed by atoms with Crippen LogP contribution in [0.2, 0.25) is 0 Å². The topological polar surface area (TPSA) is 62.2 Å². The first-order valence-electron chi connectivity index (χ1n) is 5.11. The van der Waals surface area contributed by atoms with Gasteiger partial charge in [-0.15, -0.1) is 0 Å². The second kappa shape index (κ2) is 4.40. The molecule has 2 N–H and O–H groups in total. The lowest BCUT2D eigenvalue weighted by atomic mass is 9.97. The van der Waals surface area contributed by atoms with Crippen molar-refractivity contribution in [1.29, 1.82) is 0 Å². The molecule has 2 heterocycles. The van der Waals surface area contributed by atoms with Crippen LogP contribution >= 0.6 is 0 Å². The highest BCUT2D eigenvalue weighted by Gasteiger charge is 2.28. The van der Waals surface area contributed by atoms with Crippen molar-refractivity contribution in [1.82, 2.24) is 10.3 Å². The van der Waals surface area contributed by atoms with Gasteiger partial charge in [-0.2, -0.15) is 0 Å². The Bertz CT molecular complexity index is 340. The number of nitrogens with one attached hydrogen (secondary N) is 1. The molecule has 4 nitrogen and oxygen atoms in total. The van der Waals surface area contributed by atoms with Crippen molar-refractivity contribution in [2.24, 2.45) is 5.92 Å². The van der Waals surface area contributed by atoms with E-state index in [2.05, 4.69) is 10.3 Å². The summed E-state index contributed by atoms with van der Waals surface area (Å²) in [5, 5.41) is 11.8. The second-order valence-corrected chi connectivity index (χ2v) is 3.96. The molecule has 1 aliphatic rings. The van der Waals surface area contributed by atoms with Crippen LogP contribution in [0.4, 0.5) is 0 Å². The molecule has 1 aromatic rings. The maximum atomic E-state index is 10.7. The molecule has 0 bridgehead atoms. The molecule has 2 atom stereocenters. The zero-order chi connectivity index (χ0) is 10.7. The van der Waals surface area contributed by atoms with E-state index < -0.39 is 5.97 Å². The number of hydrogen-bond acceptors (Lipinski definition) is 3. The Balaban J connectivity index is 1.90. The highest BCUT2D eigenvalue weighted by molar-refractivity contribution is 5.73. The number of rotatable bonds is 3. The van der Waals surface area contributed by atoms with Gasteiger partial charge in [-0.25, -0.2) is 0 Å². The van der Waals surface area contributed by atoms with Crippen LogP contribution in [-0.4, -0.2) is 28.6 Å². The van der Waals surface area contributed by atoms with Crippen molar-refractivity contribution < 1.29 is 9.90 Å². The molecular formula is C11H14N2O2. The second-order valence-electron chi connectivity index (χ2n) is 3.96. The Labute approximate surface area is 88.3 Å². The van der Waals surface area contributed by atoms with Crippen LogP contribution in [0.25, 0.3) is 0 Å². The summed E-state index contributed by atoms with van der Waals surface area (Å²) >= 11 is 0. The van der Waals surface area contributed by atoms with Crippen LogP contribution in [0.15, 0.2) is 24.5 Å². The van der Waals surface area contributed by atoms with Crippen LogP contribution in [0, 0.1) is 5.92 Å². The molecule has 15 heavy (non-hydrogen) atoms. The molecule has 0 amide bonds. The molecule has 0 aromatic carbocycles. The fourth-order valence-corrected chi connectivity index (χ4v) is 2.00. The predicted molar refractivity (Wildman–Crippen MR) is 55.5 cm³/mol. The average Bonchev–Trinajstić information content (AvgIpc) is 2.68. The molecule has 1 fully saturated rings. The Morgan fingerprint density at radius 1 is 1.53 bits per heavy atom. The molecule has 0 saturated carbocycles. The molecule has 1 aromatic heterocycles. The third-order valence-electron chi connectivity index (χ3n) is 2.79. The number of carboxylic acids is 1. The van der Waals surface area contributed by atoms with E-state index in [1.54, 1.807) is 12.4 Å². The zero-order valence-corrected chi connectivity index (χ0v) is 8.39. The largest absolute Gasteiger partial charge is 0.480 e. The van der Waals surface area contributed by atoms with E-state index in [9.17, 15) is 4.79 Å². The standard InChI is InChI=1S/C11H14N2O2/c14-11(15)10-6-9(7-13-10)5-8-1-3-12-4-2-8/h1-4,9-10,13H,5-7H2,(H,14,15)/t9-,10-/m0/s1. The van der Waals surface area contributed by atoms with Gasteiger partial charge in [0.05, 0.1) is 0 Å². The minimum atomic E-state index is -0.743. The summed E-state index contributed by atoms with van der Waals surface area (Å²) in [5.41, 5.74) is 1.22. The summed E-state index contributed by atoms with van der Waals surface area (Å²) in [6.45, 7) is 0.791. The van der Waals surface area contributed by atoms with Crippen molar-refractivity contribution in [3.63, 3.8) is 0 Å². The SMILES string of the molecule is O=C(O)[C@@H]1C[C@H](Cc2ccncc2)CN1. The van der Waals surface area contributed by atoms with E-state index >= 15 is 0 Å². The Hall–Kier alpha value is -1.42. The van der Waals surface area contributed by atoms with Crippen LogP contribution in [0.1, 0.15) is 12.0 Å². The van der Waals surface area contributed by atoms with Gasteiger partial charge in [0, 0.05) is 12.4 Å². The number of carboxylic acid groups (broad SMARTS) is 1. The van der Waals surface area contributed by atoms with Crippen molar-refractivity contribution in [2.75, 3.05) is 6.54 Å². The van der Waals surface area contributed by atoms with Gasteiger partial charge in [0.15, 0.2) is 0 Å². The number of nitrogens with zero attached hydrogens (tertiary/aromatic N) is 1. The summed E-state index contributed by atoms with van der Waals surface area (Å²) in [7, 11) is 0. The minimum absolute atomic E-state index is 0.364. The molecule has 4 heteroatoms. The Morgan fingerprint density at radius 2 is 2.27 bits per heavy atom. The van der Waals surface area contributed by atoms with Crippen LogP contribution in [0.5, 0.6) is 0 Å². The summed E-state index contributed by atoms with van der Waals surface area (Å²) in [6, 6.07) is 3.60. The molecule has 0 spiro atoms. The number of hydrogen-bond donors (Lipinski definition) is 2. The lowest BCUT2D eigenvalue weighted by Gasteiger charge is -2.07. The highest BCUT2D eigenvalue weighted by Crippen LogP contribution is 2.18. The quantitative estimate of drug-likeness (QED) is 0.763. The number of aliphatic carboxylic acids is 1. The monoisotopic (exact) mass is 206 g/mol. The number of pyridine rings is 1. The molecule has 1 aliphatic heterocycles. The average molecular weight is 206 g/mol. The normalized spacial score (nSPS) is 25.3. The van der Waals surface area contributed by atoms with E-state index in [1.165, 1.54) is 5.56 Å². The van der Waals surface area contributed by atoms with Gasteiger partial charge in [0.2, 0.25) is 0 Å². The zero-order valence-electron chi connectivity index (χ0n) is 8.39. The summed E-state index contributed by atoms with van der Waals surface area (Å²) in [4.78, 5) is 14.7. The molecule has 0 aliphatic carbocycles.